The molecule has 4 aromatic carbocycles. The van der Waals surface area contributed by atoms with E-state index < -0.39 is 16.0 Å². The van der Waals surface area contributed by atoms with E-state index in [1.54, 1.807) is 24.3 Å². The van der Waals surface area contributed by atoms with E-state index >= 15 is 0 Å². The number of sulfonamides is 1. The van der Waals surface area contributed by atoms with Gasteiger partial charge in [0.1, 0.15) is 0 Å². The second-order valence-electron chi connectivity index (χ2n) is 7.59. The zero-order valence-corrected chi connectivity index (χ0v) is 18.1. The predicted octanol–water partition coefficient (Wildman–Crippen LogP) is 5.03. The summed E-state index contributed by atoms with van der Waals surface area (Å²) in [5, 5.41) is 20.6. The Hall–Kier alpha value is -3.68. The number of primary sulfonamides is 1. The van der Waals surface area contributed by atoms with Gasteiger partial charge in [-0.15, -0.1) is 0 Å². The van der Waals surface area contributed by atoms with Crippen molar-refractivity contribution >= 4 is 32.5 Å². The van der Waals surface area contributed by atoms with E-state index in [1.165, 1.54) is 6.07 Å². The van der Waals surface area contributed by atoms with Crippen molar-refractivity contribution < 1.29 is 18.3 Å². The molecule has 0 amide bonds. The molecule has 4 aromatic rings. The number of hydrogen-bond donors (Lipinski definition) is 3. The van der Waals surface area contributed by atoms with Crippen molar-refractivity contribution in [3.63, 3.8) is 0 Å². The lowest BCUT2D eigenvalue weighted by atomic mass is 9.99. The molecule has 7 heteroatoms. The third-order valence-corrected chi connectivity index (χ3v) is 6.30. The fourth-order valence-corrected chi connectivity index (χ4v) is 4.58. The Balaban J connectivity index is 1.87. The maximum atomic E-state index is 12.4. The van der Waals surface area contributed by atoms with Crippen LogP contribution < -0.4 is 10.5 Å². The Labute approximate surface area is 186 Å². The Bertz CT molecular complexity index is 1420. The number of carboxylic acids is 1. The first-order valence-electron chi connectivity index (χ1n) is 9.99. The van der Waals surface area contributed by atoms with Crippen molar-refractivity contribution in [2.45, 2.75) is 17.9 Å². The number of anilines is 1. The molecular weight excluding hydrogens is 424 g/mol. The van der Waals surface area contributed by atoms with Gasteiger partial charge in [0.2, 0.25) is 10.0 Å². The molecule has 0 heterocycles. The van der Waals surface area contributed by atoms with Crippen LogP contribution in [0.15, 0.2) is 89.8 Å². The number of benzene rings is 4. The van der Waals surface area contributed by atoms with Crippen LogP contribution in [0.1, 0.15) is 28.9 Å². The number of fused-ring (bicyclic) bond motifs is 1. The van der Waals surface area contributed by atoms with Gasteiger partial charge in [0.05, 0.1) is 10.5 Å². The van der Waals surface area contributed by atoms with E-state index in [1.807, 2.05) is 49.4 Å². The van der Waals surface area contributed by atoms with Gasteiger partial charge in [-0.05, 0) is 47.0 Å². The zero-order valence-electron chi connectivity index (χ0n) is 17.3. The van der Waals surface area contributed by atoms with Crippen LogP contribution in [0.4, 0.5) is 5.69 Å². The van der Waals surface area contributed by atoms with Crippen molar-refractivity contribution in [2.75, 3.05) is 5.32 Å². The fraction of sp³-hybridized carbons (Fsp3) is 0.0800. The smallest absolute Gasteiger partial charge is 0.335 e. The Morgan fingerprint density at radius 2 is 1.56 bits per heavy atom. The molecule has 0 radical (unpaired) electrons. The zero-order chi connectivity index (χ0) is 22.9. The van der Waals surface area contributed by atoms with Gasteiger partial charge < -0.3 is 10.4 Å². The molecule has 1 atom stereocenters. The van der Waals surface area contributed by atoms with Crippen LogP contribution in [-0.2, 0) is 10.0 Å². The van der Waals surface area contributed by atoms with Gasteiger partial charge in [0.15, 0.2) is 0 Å². The highest BCUT2D eigenvalue weighted by atomic mass is 32.2. The molecular formula is C25H22N2O4S. The third-order valence-electron chi connectivity index (χ3n) is 5.36. The summed E-state index contributed by atoms with van der Waals surface area (Å²) in [6.07, 6.45) is 0. The highest BCUT2D eigenvalue weighted by Gasteiger charge is 2.23. The van der Waals surface area contributed by atoms with Crippen LogP contribution in [-0.4, -0.2) is 19.5 Å². The molecule has 0 saturated carbocycles. The van der Waals surface area contributed by atoms with Crippen LogP contribution in [0.25, 0.3) is 21.9 Å². The molecule has 0 bridgehead atoms. The molecule has 6 nitrogen and oxygen atoms in total. The first-order valence-corrected chi connectivity index (χ1v) is 11.5. The van der Waals surface area contributed by atoms with Gasteiger partial charge in [0.25, 0.3) is 0 Å². The summed E-state index contributed by atoms with van der Waals surface area (Å²) in [4.78, 5) is 11.5. The van der Waals surface area contributed by atoms with Crippen molar-refractivity contribution in [1.82, 2.24) is 0 Å². The van der Waals surface area contributed by atoms with E-state index in [4.69, 9.17) is 5.14 Å². The summed E-state index contributed by atoms with van der Waals surface area (Å²) in [5.74, 6) is -1.24. The number of rotatable bonds is 6. The van der Waals surface area contributed by atoms with Crippen LogP contribution in [0.5, 0.6) is 0 Å². The SMILES string of the molecule is CC(Nc1cc(C(=O)O)cc(S(N)(=O)=O)c1-c1ccccc1)c1ccc2ccccc2c1. The number of nitrogens with two attached hydrogens (primary N) is 1. The van der Waals surface area contributed by atoms with E-state index in [9.17, 15) is 18.3 Å². The number of carboxylic acid groups (broad SMARTS) is 1. The second-order valence-corrected chi connectivity index (χ2v) is 9.12. The molecule has 0 saturated heterocycles. The third kappa shape index (κ3) is 4.34. The lowest BCUT2D eigenvalue weighted by molar-refractivity contribution is 0.0696. The Kier molecular flexibility index (Phi) is 5.69. The molecule has 1 unspecified atom stereocenters. The molecule has 0 aliphatic rings. The van der Waals surface area contributed by atoms with E-state index in [-0.39, 0.29) is 16.5 Å². The summed E-state index contributed by atoms with van der Waals surface area (Å²) < 4.78 is 24.8. The topological polar surface area (TPSA) is 109 Å². The summed E-state index contributed by atoms with van der Waals surface area (Å²) in [5.41, 5.74) is 2.13. The van der Waals surface area contributed by atoms with Crippen LogP contribution >= 0.6 is 0 Å². The minimum absolute atomic E-state index is 0.165. The molecule has 32 heavy (non-hydrogen) atoms. The average Bonchev–Trinajstić information content (AvgIpc) is 2.78. The van der Waals surface area contributed by atoms with Gasteiger partial charge in [-0.25, -0.2) is 18.4 Å². The summed E-state index contributed by atoms with van der Waals surface area (Å²) in [7, 11) is -4.19. The molecule has 0 aliphatic carbocycles. The predicted molar refractivity (Wildman–Crippen MR) is 126 cm³/mol. The number of carbonyl (C=O) groups is 1. The van der Waals surface area contributed by atoms with Crippen molar-refractivity contribution in [1.29, 1.82) is 0 Å². The van der Waals surface area contributed by atoms with E-state index in [2.05, 4.69) is 11.4 Å². The molecule has 0 aromatic heterocycles. The Morgan fingerprint density at radius 3 is 2.22 bits per heavy atom. The molecule has 4 N–H and O–H groups in total. The van der Waals surface area contributed by atoms with Gasteiger partial charge in [-0.1, -0.05) is 66.7 Å². The molecule has 4 rings (SSSR count). The van der Waals surface area contributed by atoms with Crippen LogP contribution in [0.3, 0.4) is 0 Å². The average molecular weight is 447 g/mol. The maximum absolute atomic E-state index is 12.4. The highest BCUT2D eigenvalue weighted by molar-refractivity contribution is 7.89. The summed E-state index contributed by atoms with van der Waals surface area (Å²) >= 11 is 0. The first kappa shape index (κ1) is 21.5. The maximum Gasteiger partial charge on any atom is 0.335 e. The monoisotopic (exact) mass is 446 g/mol. The quantitative estimate of drug-likeness (QED) is 0.385. The standard InChI is InChI=1S/C25H22N2O4S/c1-16(19-12-11-17-7-5-6-10-20(17)13-19)27-22-14-21(25(28)29)15-23(32(26,30)31)24(22)18-8-3-2-4-9-18/h2-16,27H,1H3,(H,28,29)(H2,26,30,31). The Morgan fingerprint density at radius 1 is 0.906 bits per heavy atom. The molecule has 0 aliphatic heterocycles. The number of aromatic carboxylic acids is 1. The lowest BCUT2D eigenvalue weighted by Crippen LogP contribution is -2.17. The highest BCUT2D eigenvalue weighted by Crippen LogP contribution is 2.37. The van der Waals surface area contributed by atoms with Crippen molar-refractivity contribution in [2.24, 2.45) is 5.14 Å². The fourth-order valence-electron chi connectivity index (χ4n) is 3.77. The largest absolute Gasteiger partial charge is 0.478 e. The number of hydrogen-bond acceptors (Lipinski definition) is 4. The normalized spacial score (nSPS) is 12.4. The van der Waals surface area contributed by atoms with E-state index in [0.29, 0.717) is 16.8 Å². The van der Waals surface area contributed by atoms with Gasteiger partial charge in [0, 0.05) is 17.3 Å². The summed E-state index contributed by atoms with van der Waals surface area (Å²) in [6.45, 7) is 1.93. The van der Waals surface area contributed by atoms with Gasteiger partial charge >= 0.3 is 5.97 Å². The van der Waals surface area contributed by atoms with Gasteiger partial charge in [-0.2, -0.15) is 0 Å². The van der Waals surface area contributed by atoms with E-state index in [0.717, 1.165) is 22.4 Å². The summed E-state index contributed by atoms with van der Waals surface area (Å²) in [6, 6.07) is 25.3. The number of nitrogens with one attached hydrogen (secondary N) is 1. The minimum Gasteiger partial charge on any atom is -0.478 e. The van der Waals surface area contributed by atoms with Crippen molar-refractivity contribution in [3.8, 4) is 11.1 Å². The minimum atomic E-state index is -4.19. The molecule has 0 fully saturated rings. The second kappa shape index (κ2) is 8.45. The molecule has 162 valence electrons. The molecule has 0 spiro atoms. The lowest BCUT2D eigenvalue weighted by Gasteiger charge is -2.21. The van der Waals surface area contributed by atoms with Crippen LogP contribution in [0, 0.1) is 0 Å². The van der Waals surface area contributed by atoms with Gasteiger partial charge in [-0.3, -0.25) is 0 Å². The van der Waals surface area contributed by atoms with Crippen molar-refractivity contribution in [3.05, 3.63) is 96.1 Å². The first-order chi connectivity index (χ1) is 15.2. The van der Waals surface area contributed by atoms with Crippen LogP contribution in [0.2, 0.25) is 0 Å².